The van der Waals surface area contributed by atoms with Crippen LogP contribution in [0.1, 0.15) is 38.2 Å². The number of aryl methyl sites for hydroxylation is 1. The molecule has 1 fully saturated rings. The summed E-state index contributed by atoms with van der Waals surface area (Å²) in [6.07, 6.45) is 4.63. The summed E-state index contributed by atoms with van der Waals surface area (Å²) in [4.78, 5) is 16.6. The van der Waals surface area contributed by atoms with Crippen LogP contribution in [-0.4, -0.2) is 37.0 Å². The van der Waals surface area contributed by atoms with E-state index >= 15 is 0 Å². The van der Waals surface area contributed by atoms with Crippen molar-refractivity contribution in [1.29, 1.82) is 0 Å². The van der Waals surface area contributed by atoms with Crippen LogP contribution in [0, 0.1) is 6.92 Å². The average Bonchev–Trinajstić information content (AvgIpc) is 2.48. The van der Waals surface area contributed by atoms with Gasteiger partial charge < -0.3 is 9.80 Å². The van der Waals surface area contributed by atoms with Crippen molar-refractivity contribution in [1.82, 2.24) is 4.90 Å². The smallest absolute Gasteiger partial charge is 0.242 e. The van der Waals surface area contributed by atoms with Gasteiger partial charge in [-0.1, -0.05) is 24.6 Å². The molecular weight excluding hydrogens is 248 g/mol. The van der Waals surface area contributed by atoms with E-state index in [2.05, 4.69) is 43.0 Å². The Morgan fingerprint density at radius 1 is 1.15 bits per heavy atom. The third-order valence-corrected chi connectivity index (χ3v) is 3.93. The molecule has 3 nitrogen and oxygen atoms in total. The SMILES string of the molecule is CCCN(CC(=O)N1CCCCC1)c1ccc(C)cc1. The molecule has 1 aliphatic rings. The lowest BCUT2D eigenvalue weighted by atomic mass is 10.1. The number of benzene rings is 1. The maximum atomic E-state index is 12.4. The summed E-state index contributed by atoms with van der Waals surface area (Å²) >= 11 is 0. The van der Waals surface area contributed by atoms with Crippen molar-refractivity contribution in [2.45, 2.75) is 39.5 Å². The van der Waals surface area contributed by atoms with E-state index in [0.717, 1.165) is 44.6 Å². The van der Waals surface area contributed by atoms with E-state index in [4.69, 9.17) is 0 Å². The summed E-state index contributed by atoms with van der Waals surface area (Å²) in [5.74, 6) is 0.277. The highest BCUT2D eigenvalue weighted by Gasteiger charge is 2.19. The topological polar surface area (TPSA) is 23.6 Å². The molecule has 0 aliphatic carbocycles. The molecule has 0 N–H and O–H groups in total. The van der Waals surface area contributed by atoms with Crippen molar-refractivity contribution >= 4 is 11.6 Å². The predicted octanol–water partition coefficient (Wildman–Crippen LogP) is 3.22. The molecular formula is C17H26N2O. The molecule has 2 rings (SSSR count). The van der Waals surface area contributed by atoms with Crippen molar-refractivity contribution in [2.75, 3.05) is 31.1 Å². The van der Waals surface area contributed by atoms with Crippen LogP contribution < -0.4 is 4.90 Å². The van der Waals surface area contributed by atoms with E-state index in [1.54, 1.807) is 0 Å². The van der Waals surface area contributed by atoms with E-state index < -0.39 is 0 Å². The molecule has 1 heterocycles. The molecule has 0 spiro atoms. The molecule has 0 unspecified atom stereocenters. The van der Waals surface area contributed by atoms with Crippen molar-refractivity contribution in [3.63, 3.8) is 0 Å². The average molecular weight is 274 g/mol. The number of anilines is 1. The number of likely N-dealkylation sites (tertiary alicyclic amines) is 1. The van der Waals surface area contributed by atoms with E-state index in [1.165, 1.54) is 12.0 Å². The van der Waals surface area contributed by atoms with E-state index in [1.807, 2.05) is 4.90 Å². The second-order valence-electron chi connectivity index (χ2n) is 5.70. The van der Waals surface area contributed by atoms with Crippen molar-refractivity contribution in [3.8, 4) is 0 Å². The molecule has 1 aromatic rings. The van der Waals surface area contributed by atoms with Crippen LogP contribution in [-0.2, 0) is 4.79 Å². The van der Waals surface area contributed by atoms with Gasteiger partial charge in [-0.25, -0.2) is 0 Å². The van der Waals surface area contributed by atoms with Crippen LogP contribution in [0.25, 0.3) is 0 Å². The lowest BCUT2D eigenvalue weighted by Gasteiger charge is -2.31. The Labute approximate surface area is 122 Å². The van der Waals surface area contributed by atoms with E-state index in [-0.39, 0.29) is 5.91 Å². The first-order valence-electron chi connectivity index (χ1n) is 7.80. The Hall–Kier alpha value is -1.51. The molecule has 3 heteroatoms. The van der Waals surface area contributed by atoms with Crippen LogP contribution >= 0.6 is 0 Å². The standard InChI is InChI=1S/C17H26N2O/c1-3-11-19(16-9-7-15(2)8-10-16)14-17(20)18-12-5-4-6-13-18/h7-10H,3-6,11-14H2,1-2H3. The Bertz CT molecular complexity index is 421. The van der Waals surface area contributed by atoms with Gasteiger partial charge >= 0.3 is 0 Å². The minimum Gasteiger partial charge on any atom is -0.362 e. The van der Waals surface area contributed by atoms with Crippen LogP contribution in [0.15, 0.2) is 24.3 Å². The van der Waals surface area contributed by atoms with Crippen molar-refractivity contribution in [2.24, 2.45) is 0 Å². The van der Waals surface area contributed by atoms with Gasteiger partial charge in [0.1, 0.15) is 0 Å². The van der Waals surface area contributed by atoms with Gasteiger partial charge in [0, 0.05) is 25.3 Å². The molecule has 0 saturated carbocycles. The van der Waals surface area contributed by atoms with Gasteiger partial charge in [-0.05, 0) is 44.7 Å². The van der Waals surface area contributed by atoms with Crippen LogP contribution in [0.2, 0.25) is 0 Å². The minimum atomic E-state index is 0.277. The molecule has 1 aliphatic heterocycles. The predicted molar refractivity (Wildman–Crippen MR) is 84.1 cm³/mol. The highest BCUT2D eigenvalue weighted by Crippen LogP contribution is 2.16. The maximum Gasteiger partial charge on any atom is 0.242 e. The first-order valence-corrected chi connectivity index (χ1v) is 7.80. The summed E-state index contributed by atoms with van der Waals surface area (Å²) in [5, 5.41) is 0. The minimum absolute atomic E-state index is 0.277. The summed E-state index contributed by atoms with van der Waals surface area (Å²) in [6.45, 7) is 7.57. The number of carbonyl (C=O) groups excluding carboxylic acids is 1. The van der Waals surface area contributed by atoms with Crippen molar-refractivity contribution < 1.29 is 4.79 Å². The van der Waals surface area contributed by atoms with Crippen LogP contribution in [0.4, 0.5) is 5.69 Å². The Kier molecular flexibility index (Phi) is 5.45. The highest BCUT2D eigenvalue weighted by molar-refractivity contribution is 5.81. The normalized spacial score (nSPS) is 15.2. The number of rotatable bonds is 5. The lowest BCUT2D eigenvalue weighted by molar-refractivity contribution is -0.130. The van der Waals surface area contributed by atoms with Gasteiger partial charge in [-0.15, -0.1) is 0 Å². The second-order valence-corrected chi connectivity index (χ2v) is 5.70. The molecule has 20 heavy (non-hydrogen) atoms. The summed E-state index contributed by atoms with van der Waals surface area (Å²) in [7, 11) is 0. The molecule has 1 aromatic carbocycles. The van der Waals surface area contributed by atoms with Crippen LogP contribution in [0.3, 0.4) is 0 Å². The summed E-state index contributed by atoms with van der Waals surface area (Å²) in [6, 6.07) is 8.47. The third kappa shape index (κ3) is 3.99. The molecule has 0 radical (unpaired) electrons. The zero-order chi connectivity index (χ0) is 14.4. The Morgan fingerprint density at radius 3 is 2.40 bits per heavy atom. The summed E-state index contributed by atoms with van der Waals surface area (Å²) in [5.41, 5.74) is 2.41. The largest absolute Gasteiger partial charge is 0.362 e. The first-order chi connectivity index (χ1) is 9.70. The van der Waals surface area contributed by atoms with Gasteiger partial charge in [0.2, 0.25) is 5.91 Å². The highest BCUT2D eigenvalue weighted by atomic mass is 16.2. The quantitative estimate of drug-likeness (QED) is 0.823. The Morgan fingerprint density at radius 2 is 1.80 bits per heavy atom. The fraction of sp³-hybridized carbons (Fsp3) is 0.588. The summed E-state index contributed by atoms with van der Waals surface area (Å²) < 4.78 is 0. The first kappa shape index (κ1) is 14.9. The maximum absolute atomic E-state index is 12.4. The van der Waals surface area contributed by atoms with Gasteiger partial charge in [-0.2, -0.15) is 0 Å². The van der Waals surface area contributed by atoms with Gasteiger partial charge in [-0.3, -0.25) is 4.79 Å². The zero-order valence-corrected chi connectivity index (χ0v) is 12.8. The Balaban J connectivity index is 2.01. The second kappa shape index (κ2) is 7.32. The molecule has 0 aromatic heterocycles. The molecule has 0 atom stereocenters. The van der Waals surface area contributed by atoms with E-state index in [9.17, 15) is 4.79 Å². The van der Waals surface area contributed by atoms with Gasteiger partial charge in [0.05, 0.1) is 6.54 Å². The fourth-order valence-corrected chi connectivity index (χ4v) is 2.73. The monoisotopic (exact) mass is 274 g/mol. The lowest BCUT2D eigenvalue weighted by Crippen LogP contribution is -2.43. The molecule has 1 saturated heterocycles. The van der Waals surface area contributed by atoms with Gasteiger partial charge in [0.25, 0.3) is 0 Å². The number of carbonyl (C=O) groups is 1. The number of hydrogen-bond acceptors (Lipinski definition) is 2. The molecule has 0 bridgehead atoms. The van der Waals surface area contributed by atoms with Crippen LogP contribution in [0.5, 0.6) is 0 Å². The zero-order valence-electron chi connectivity index (χ0n) is 12.8. The number of piperidine rings is 1. The third-order valence-electron chi connectivity index (χ3n) is 3.93. The van der Waals surface area contributed by atoms with Gasteiger partial charge in [0.15, 0.2) is 0 Å². The molecule has 110 valence electrons. The van der Waals surface area contributed by atoms with Crippen molar-refractivity contribution in [3.05, 3.63) is 29.8 Å². The number of amides is 1. The fourth-order valence-electron chi connectivity index (χ4n) is 2.73. The number of hydrogen-bond donors (Lipinski definition) is 0. The van der Waals surface area contributed by atoms with E-state index in [0.29, 0.717) is 6.54 Å². The number of nitrogens with zero attached hydrogens (tertiary/aromatic N) is 2. The molecule has 1 amide bonds.